The van der Waals surface area contributed by atoms with Crippen molar-refractivity contribution in [1.82, 2.24) is 0 Å². The van der Waals surface area contributed by atoms with Crippen molar-refractivity contribution in [3.8, 4) is 0 Å². The molecule has 0 radical (unpaired) electrons. The molecule has 0 aromatic rings. The van der Waals surface area contributed by atoms with Gasteiger partial charge in [0.2, 0.25) is 0 Å². The lowest BCUT2D eigenvalue weighted by Crippen LogP contribution is -2.38. The summed E-state index contributed by atoms with van der Waals surface area (Å²) in [5, 5.41) is 0. The molecule has 1 fully saturated rings. The zero-order chi connectivity index (χ0) is 9.35. The average molecular weight is 168 g/mol. The van der Waals surface area contributed by atoms with E-state index < -0.39 is 0 Å². The molecule has 2 atom stereocenters. The smallest absolute Gasteiger partial charge is 0.133 e. The maximum absolute atomic E-state index is 11.2. The maximum atomic E-state index is 11.2. The second kappa shape index (κ2) is 3.00. The number of aldehydes is 1. The van der Waals surface area contributed by atoms with Crippen molar-refractivity contribution in [2.45, 2.75) is 33.6 Å². The SMILES string of the molecule is C[C@@H]1CC(=O)CC(C)(C)[C@H]1C=O. The fourth-order valence-electron chi connectivity index (χ4n) is 2.27. The van der Waals surface area contributed by atoms with Gasteiger partial charge in [0.15, 0.2) is 0 Å². The Labute approximate surface area is 73.3 Å². The second-order valence-corrected chi connectivity index (χ2v) is 4.55. The van der Waals surface area contributed by atoms with Crippen LogP contribution in [0.5, 0.6) is 0 Å². The van der Waals surface area contributed by atoms with Crippen LogP contribution in [0.25, 0.3) is 0 Å². The van der Waals surface area contributed by atoms with Gasteiger partial charge in [0.05, 0.1) is 0 Å². The van der Waals surface area contributed by atoms with E-state index in [1.54, 1.807) is 0 Å². The summed E-state index contributed by atoms with van der Waals surface area (Å²) in [6.07, 6.45) is 2.14. The first kappa shape index (κ1) is 9.43. The van der Waals surface area contributed by atoms with Crippen LogP contribution in [0.1, 0.15) is 33.6 Å². The van der Waals surface area contributed by atoms with E-state index in [0.29, 0.717) is 18.6 Å². The molecule has 0 spiro atoms. The number of Topliss-reactive ketones (excluding diaryl/α,β-unsaturated/α-hetero) is 1. The Morgan fingerprint density at radius 3 is 2.50 bits per heavy atom. The minimum Gasteiger partial charge on any atom is -0.303 e. The summed E-state index contributed by atoms with van der Waals surface area (Å²) in [6.45, 7) is 5.98. The van der Waals surface area contributed by atoms with Gasteiger partial charge in [-0.3, -0.25) is 4.79 Å². The third kappa shape index (κ3) is 1.57. The van der Waals surface area contributed by atoms with E-state index in [1.807, 2.05) is 20.8 Å². The van der Waals surface area contributed by atoms with E-state index in [-0.39, 0.29) is 17.3 Å². The molecule has 2 heteroatoms. The molecule has 1 saturated carbocycles. The van der Waals surface area contributed by atoms with Gasteiger partial charge in [0.1, 0.15) is 12.1 Å². The molecule has 1 aliphatic rings. The highest BCUT2D eigenvalue weighted by atomic mass is 16.1. The molecule has 0 aromatic carbocycles. The van der Waals surface area contributed by atoms with Gasteiger partial charge in [-0.15, -0.1) is 0 Å². The molecule has 2 nitrogen and oxygen atoms in total. The number of rotatable bonds is 1. The Kier molecular flexibility index (Phi) is 2.36. The summed E-state index contributed by atoms with van der Waals surface area (Å²) < 4.78 is 0. The number of hydrogen-bond acceptors (Lipinski definition) is 2. The number of carbonyl (C=O) groups excluding carboxylic acids is 2. The maximum Gasteiger partial charge on any atom is 0.133 e. The van der Waals surface area contributed by atoms with Gasteiger partial charge >= 0.3 is 0 Å². The van der Waals surface area contributed by atoms with Crippen LogP contribution in [-0.2, 0) is 9.59 Å². The van der Waals surface area contributed by atoms with Gasteiger partial charge in [-0.2, -0.15) is 0 Å². The average Bonchev–Trinajstić information content (AvgIpc) is 1.82. The molecular weight excluding hydrogens is 152 g/mol. The van der Waals surface area contributed by atoms with Gasteiger partial charge in [0.25, 0.3) is 0 Å². The molecule has 0 saturated heterocycles. The van der Waals surface area contributed by atoms with Crippen LogP contribution in [0.2, 0.25) is 0 Å². The van der Waals surface area contributed by atoms with Crippen molar-refractivity contribution in [2.75, 3.05) is 0 Å². The summed E-state index contributed by atoms with van der Waals surface area (Å²) in [5.41, 5.74) is -0.128. The molecule has 0 unspecified atom stereocenters. The number of ketones is 1. The van der Waals surface area contributed by atoms with Crippen molar-refractivity contribution >= 4 is 12.1 Å². The molecule has 0 amide bonds. The fourth-order valence-corrected chi connectivity index (χ4v) is 2.27. The fraction of sp³-hybridized carbons (Fsp3) is 0.800. The molecule has 0 N–H and O–H groups in total. The summed E-state index contributed by atoms with van der Waals surface area (Å²) in [6, 6.07) is 0. The van der Waals surface area contributed by atoms with E-state index in [9.17, 15) is 9.59 Å². The van der Waals surface area contributed by atoms with Gasteiger partial charge in [0, 0.05) is 18.8 Å². The highest BCUT2D eigenvalue weighted by molar-refractivity contribution is 5.81. The molecule has 0 aromatic heterocycles. The molecule has 68 valence electrons. The van der Waals surface area contributed by atoms with Crippen molar-refractivity contribution in [2.24, 2.45) is 17.3 Å². The highest BCUT2D eigenvalue weighted by Crippen LogP contribution is 2.40. The molecule has 0 heterocycles. The van der Waals surface area contributed by atoms with Crippen molar-refractivity contribution < 1.29 is 9.59 Å². The molecule has 12 heavy (non-hydrogen) atoms. The predicted molar refractivity (Wildman–Crippen MR) is 46.7 cm³/mol. The zero-order valence-corrected chi connectivity index (χ0v) is 7.96. The summed E-state index contributed by atoms with van der Waals surface area (Å²) in [5.74, 6) is 0.569. The van der Waals surface area contributed by atoms with Crippen LogP contribution in [0.15, 0.2) is 0 Å². The quantitative estimate of drug-likeness (QED) is 0.560. The van der Waals surface area contributed by atoms with Crippen molar-refractivity contribution in [3.63, 3.8) is 0 Å². The lowest BCUT2D eigenvalue weighted by molar-refractivity contribution is -0.130. The standard InChI is InChI=1S/C10H16O2/c1-7-4-8(12)5-10(2,3)9(7)6-11/h6-7,9H,4-5H2,1-3H3/t7-,9+/m1/s1. The van der Waals surface area contributed by atoms with Gasteiger partial charge in [-0.1, -0.05) is 20.8 Å². The second-order valence-electron chi connectivity index (χ2n) is 4.55. The molecule has 0 aliphatic heterocycles. The van der Waals surface area contributed by atoms with Crippen molar-refractivity contribution in [3.05, 3.63) is 0 Å². The Morgan fingerprint density at radius 2 is 2.08 bits per heavy atom. The zero-order valence-electron chi connectivity index (χ0n) is 7.96. The van der Waals surface area contributed by atoms with E-state index in [1.165, 1.54) is 0 Å². The molecule has 1 rings (SSSR count). The summed E-state index contributed by atoms with van der Waals surface area (Å²) >= 11 is 0. The van der Waals surface area contributed by atoms with Crippen LogP contribution in [0, 0.1) is 17.3 Å². The highest BCUT2D eigenvalue weighted by Gasteiger charge is 2.40. The largest absolute Gasteiger partial charge is 0.303 e. The van der Waals surface area contributed by atoms with E-state index >= 15 is 0 Å². The minimum absolute atomic E-state index is 0.0511. The third-order valence-corrected chi connectivity index (χ3v) is 2.86. The van der Waals surface area contributed by atoms with Gasteiger partial charge in [-0.05, 0) is 11.3 Å². The van der Waals surface area contributed by atoms with Crippen LogP contribution in [0.3, 0.4) is 0 Å². The lowest BCUT2D eigenvalue weighted by atomic mass is 9.64. The van der Waals surface area contributed by atoms with Crippen LogP contribution < -0.4 is 0 Å². The van der Waals surface area contributed by atoms with Crippen molar-refractivity contribution in [1.29, 1.82) is 0 Å². The first-order valence-corrected chi connectivity index (χ1v) is 4.44. The normalized spacial score (nSPS) is 34.8. The summed E-state index contributed by atoms with van der Waals surface area (Å²) in [7, 11) is 0. The number of carbonyl (C=O) groups is 2. The van der Waals surface area contributed by atoms with Crippen LogP contribution >= 0.6 is 0 Å². The molecular formula is C10H16O2. The predicted octanol–water partition coefficient (Wildman–Crippen LogP) is 1.83. The third-order valence-electron chi connectivity index (χ3n) is 2.86. The molecule has 0 bridgehead atoms. The van der Waals surface area contributed by atoms with E-state index in [4.69, 9.17) is 0 Å². The van der Waals surface area contributed by atoms with E-state index in [0.717, 1.165) is 6.29 Å². The first-order chi connectivity index (χ1) is 5.47. The number of hydrogen-bond donors (Lipinski definition) is 0. The van der Waals surface area contributed by atoms with Gasteiger partial charge in [-0.25, -0.2) is 0 Å². The Bertz CT molecular complexity index is 206. The van der Waals surface area contributed by atoms with E-state index in [2.05, 4.69) is 0 Å². The van der Waals surface area contributed by atoms with Gasteiger partial charge < -0.3 is 4.79 Å². The van der Waals surface area contributed by atoms with Crippen LogP contribution in [0.4, 0.5) is 0 Å². The molecule has 1 aliphatic carbocycles. The Morgan fingerprint density at radius 1 is 1.50 bits per heavy atom. The summed E-state index contributed by atoms with van der Waals surface area (Å²) in [4.78, 5) is 22.0. The minimum atomic E-state index is -0.128. The first-order valence-electron chi connectivity index (χ1n) is 4.44. The monoisotopic (exact) mass is 168 g/mol. The van der Waals surface area contributed by atoms with Crippen LogP contribution in [-0.4, -0.2) is 12.1 Å². The lowest BCUT2D eigenvalue weighted by Gasteiger charge is -2.38. The Hall–Kier alpha value is -0.660. The topological polar surface area (TPSA) is 34.1 Å². The Balaban J connectivity index is 2.84.